The smallest absolute Gasteiger partial charge is 0.214 e. The van der Waals surface area contributed by atoms with Gasteiger partial charge in [0.15, 0.2) is 0 Å². The van der Waals surface area contributed by atoms with Crippen LogP contribution in [0.3, 0.4) is 0 Å². The molecular weight excluding hydrogens is 198 g/mol. The van der Waals surface area contributed by atoms with E-state index in [0.29, 0.717) is 12.2 Å². The molecular formula is C10H13NO4. The number of furan rings is 1. The average Bonchev–Trinajstić information content (AvgIpc) is 2.70. The first kappa shape index (κ1) is 11.4. The van der Waals surface area contributed by atoms with Gasteiger partial charge in [0.25, 0.3) is 0 Å². The number of nitrogens with zero attached hydrogens (tertiary/aromatic N) is 1. The van der Waals surface area contributed by atoms with Gasteiger partial charge in [-0.25, -0.2) is 0 Å². The molecule has 82 valence electrons. The zero-order valence-electron chi connectivity index (χ0n) is 8.46. The summed E-state index contributed by atoms with van der Waals surface area (Å²) < 4.78 is 5.12. The minimum atomic E-state index is -0.461. The number of carbonyl (C=O) groups is 1. The number of hydrogen-bond donors (Lipinski definition) is 0. The van der Waals surface area contributed by atoms with Crippen LogP contribution < -0.4 is 0 Å². The summed E-state index contributed by atoms with van der Waals surface area (Å²) in [6.07, 6.45) is 2.79. The molecule has 0 aliphatic carbocycles. The average molecular weight is 211 g/mol. The van der Waals surface area contributed by atoms with E-state index in [0.717, 1.165) is 6.29 Å². The maximum absolute atomic E-state index is 10.8. The predicted octanol–water partition coefficient (Wildman–Crippen LogP) is 1.86. The molecule has 0 amide bonds. The van der Waals surface area contributed by atoms with E-state index in [1.165, 1.54) is 6.26 Å². The van der Waals surface area contributed by atoms with E-state index in [1.54, 1.807) is 12.1 Å². The Morgan fingerprint density at radius 2 is 2.40 bits per heavy atom. The molecule has 0 aliphatic heterocycles. The SMILES string of the molecule is CC[C@@H](C=O)[C@@H](C[N+](=O)[O-])c1ccco1. The summed E-state index contributed by atoms with van der Waals surface area (Å²) in [5.41, 5.74) is 0. The fourth-order valence-electron chi connectivity index (χ4n) is 1.57. The summed E-state index contributed by atoms with van der Waals surface area (Å²) in [7, 11) is 0. The summed E-state index contributed by atoms with van der Waals surface area (Å²) in [6.45, 7) is 1.56. The number of hydrogen-bond acceptors (Lipinski definition) is 4. The van der Waals surface area contributed by atoms with Gasteiger partial charge >= 0.3 is 0 Å². The largest absolute Gasteiger partial charge is 0.469 e. The fourth-order valence-corrected chi connectivity index (χ4v) is 1.57. The van der Waals surface area contributed by atoms with E-state index >= 15 is 0 Å². The Bertz CT molecular complexity index is 320. The zero-order chi connectivity index (χ0) is 11.3. The molecule has 0 bridgehead atoms. The first-order chi connectivity index (χ1) is 7.19. The fraction of sp³-hybridized carbons (Fsp3) is 0.500. The van der Waals surface area contributed by atoms with Crippen LogP contribution in [0.5, 0.6) is 0 Å². The Kier molecular flexibility index (Phi) is 4.03. The quantitative estimate of drug-likeness (QED) is 0.409. The van der Waals surface area contributed by atoms with Gasteiger partial charge in [0.1, 0.15) is 12.0 Å². The van der Waals surface area contributed by atoms with Gasteiger partial charge in [-0.05, 0) is 18.6 Å². The van der Waals surface area contributed by atoms with Crippen molar-refractivity contribution in [2.24, 2.45) is 5.92 Å². The highest BCUT2D eigenvalue weighted by Gasteiger charge is 2.28. The molecule has 5 heteroatoms. The van der Waals surface area contributed by atoms with Crippen molar-refractivity contribution in [2.45, 2.75) is 19.3 Å². The molecule has 5 nitrogen and oxygen atoms in total. The molecule has 0 aromatic carbocycles. The molecule has 0 N–H and O–H groups in total. The van der Waals surface area contributed by atoms with Crippen molar-refractivity contribution in [1.82, 2.24) is 0 Å². The van der Waals surface area contributed by atoms with E-state index in [4.69, 9.17) is 4.42 Å². The van der Waals surface area contributed by atoms with E-state index in [9.17, 15) is 14.9 Å². The maximum atomic E-state index is 10.8. The van der Waals surface area contributed by atoms with Gasteiger partial charge < -0.3 is 9.21 Å². The Labute approximate surface area is 87.2 Å². The van der Waals surface area contributed by atoms with Crippen LogP contribution in [-0.2, 0) is 4.79 Å². The van der Waals surface area contributed by atoms with Crippen LogP contribution in [0.4, 0.5) is 0 Å². The van der Waals surface area contributed by atoms with Crippen molar-refractivity contribution in [3.05, 3.63) is 34.3 Å². The molecule has 1 aromatic rings. The molecule has 0 spiro atoms. The number of rotatable bonds is 6. The second kappa shape index (κ2) is 5.29. The monoisotopic (exact) mass is 211 g/mol. The highest BCUT2D eigenvalue weighted by Crippen LogP contribution is 2.26. The van der Waals surface area contributed by atoms with Crippen LogP contribution in [0.1, 0.15) is 25.0 Å². The first-order valence-corrected chi connectivity index (χ1v) is 4.79. The van der Waals surface area contributed by atoms with Crippen molar-refractivity contribution in [1.29, 1.82) is 0 Å². The van der Waals surface area contributed by atoms with Gasteiger partial charge in [0.2, 0.25) is 6.54 Å². The third-order valence-corrected chi connectivity index (χ3v) is 2.42. The molecule has 0 fully saturated rings. The van der Waals surface area contributed by atoms with Crippen LogP contribution in [-0.4, -0.2) is 17.8 Å². The number of aldehydes is 1. The van der Waals surface area contributed by atoms with Gasteiger partial charge in [-0.3, -0.25) is 10.1 Å². The summed E-state index contributed by atoms with van der Waals surface area (Å²) in [5.74, 6) is -0.315. The van der Waals surface area contributed by atoms with E-state index in [-0.39, 0.29) is 12.5 Å². The lowest BCUT2D eigenvalue weighted by Gasteiger charge is -2.15. The third-order valence-electron chi connectivity index (χ3n) is 2.42. The normalized spacial score (nSPS) is 14.5. The maximum Gasteiger partial charge on any atom is 0.214 e. The lowest BCUT2D eigenvalue weighted by Crippen LogP contribution is -2.21. The standard InChI is InChI=1S/C10H13NO4/c1-2-8(7-12)9(6-11(13)14)10-4-3-5-15-10/h3-5,7-9H,2,6H2,1H3/t8-,9+/m0/s1. The minimum absolute atomic E-state index is 0.273. The molecule has 1 heterocycles. The molecule has 2 atom stereocenters. The lowest BCUT2D eigenvalue weighted by atomic mass is 9.89. The first-order valence-electron chi connectivity index (χ1n) is 4.79. The highest BCUT2D eigenvalue weighted by molar-refractivity contribution is 5.55. The Hall–Kier alpha value is -1.65. The van der Waals surface area contributed by atoms with Gasteiger partial charge in [0, 0.05) is 10.8 Å². The Balaban J connectivity index is 2.86. The van der Waals surface area contributed by atoms with Crippen LogP contribution in [0, 0.1) is 16.0 Å². The van der Waals surface area contributed by atoms with Gasteiger partial charge in [-0.2, -0.15) is 0 Å². The molecule has 0 radical (unpaired) electrons. The molecule has 1 rings (SSSR count). The van der Waals surface area contributed by atoms with Gasteiger partial charge in [-0.15, -0.1) is 0 Å². The van der Waals surface area contributed by atoms with Crippen LogP contribution >= 0.6 is 0 Å². The second-order valence-electron chi connectivity index (χ2n) is 3.35. The Morgan fingerprint density at radius 1 is 1.67 bits per heavy atom. The van der Waals surface area contributed by atoms with Crippen molar-refractivity contribution in [3.8, 4) is 0 Å². The van der Waals surface area contributed by atoms with Crippen molar-refractivity contribution in [3.63, 3.8) is 0 Å². The summed E-state index contributed by atoms with van der Waals surface area (Å²) in [6, 6.07) is 3.33. The van der Waals surface area contributed by atoms with E-state index in [1.807, 2.05) is 6.92 Å². The zero-order valence-corrected chi connectivity index (χ0v) is 8.46. The summed E-state index contributed by atoms with van der Waals surface area (Å²) in [5, 5.41) is 10.5. The van der Waals surface area contributed by atoms with Crippen LogP contribution in [0.25, 0.3) is 0 Å². The van der Waals surface area contributed by atoms with E-state index in [2.05, 4.69) is 0 Å². The molecule has 0 saturated carbocycles. The van der Waals surface area contributed by atoms with Gasteiger partial charge in [-0.1, -0.05) is 6.92 Å². The van der Waals surface area contributed by atoms with Gasteiger partial charge in [0.05, 0.1) is 12.2 Å². The lowest BCUT2D eigenvalue weighted by molar-refractivity contribution is -0.484. The third kappa shape index (κ3) is 2.90. The van der Waals surface area contributed by atoms with Crippen molar-refractivity contribution >= 4 is 6.29 Å². The van der Waals surface area contributed by atoms with Crippen LogP contribution in [0.15, 0.2) is 22.8 Å². The molecule has 0 unspecified atom stereocenters. The topological polar surface area (TPSA) is 73.3 Å². The molecule has 15 heavy (non-hydrogen) atoms. The minimum Gasteiger partial charge on any atom is -0.469 e. The molecule has 1 aromatic heterocycles. The summed E-state index contributed by atoms with van der Waals surface area (Å²) in [4.78, 5) is 20.9. The van der Waals surface area contributed by atoms with Crippen LogP contribution in [0.2, 0.25) is 0 Å². The molecule has 0 aliphatic rings. The molecule has 0 saturated heterocycles. The van der Waals surface area contributed by atoms with Crippen molar-refractivity contribution in [2.75, 3.05) is 6.54 Å². The summed E-state index contributed by atoms with van der Waals surface area (Å²) >= 11 is 0. The second-order valence-corrected chi connectivity index (χ2v) is 3.35. The van der Waals surface area contributed by atoms with Crippen molar-refractivity contribution < 1.29 is 14.1 Å². The predicted molar refractivity (Wildman–Crippen MR) is 53.2 cm³/mol. The number of nitro groups is 1. The Morgan fingerprint density at radius 3 is 2.80 bits per heavy atom. The highest BCUT2D eigenvalue weighted by atomic mass is 16.6. The number of carbonyl (C=O) groups excluding carboxylic acids is 1. The van der Waals surface area contributed by atoms with E-state index < -0.39 is 10.8 Å².